The van der Waals surface area contributed by atoms with E-state index < -0.39 is 5.69 Å². The van der Waals surface area contributed by atoms with Crippen molar-refractivity contribution in [3.63, 3.8) is 0 Å². The van der Waals surface area contributed by atoms with E-state index in [2.05, 4.69) is 15.0 Å². The first kappa shape index (κ1) is 10.6. The van der Waals surface area contributed by atoms with Crippen LogP contribution in [0.3, 0.4) is 0 Å². The second-order valence-corrected chi connectivity index (χ2v) is 3.50. The predicted octanol–water partition coefficient (Wildman–Crippen LogP) is 1.59. The van der Waals surface area contributed by atoms with Crippen molar-refractivity contribution in [1.29, 1.82) is 0 Å². The summed E-state index contributed by atoms with van der Waals surface area (Å²) in [6, 6.07) is 9.46. The molecule has 0 spiro atoms. The summed E-state index contributed by atoms with van der Waals surface area (Å²) in [6.07, 6.45) is 0. The molecule has 0 radical (unpaired) electrons. The number of nitrogens with one attached hydrogen (secondary N) is 1. The number of anilines is 2. The lowest BCUT2D eigenvalue weighted by Crippen LogP contribution is -2.20. The van der Waals surface area contributed by atoms with Crippen LogP contribution in [0, 0.1) is 0 Å². The first-order valence-electron chi connectivity index (χ1n) is 4.59. The Bertz CT molecular complexity index is 540. The molecule has 1 aromatic carbocycles. The second kappa shape index (κ2) is 4.32. The van der Waals surface area contributed by atoms with Crippen molar-refractivity contribution in [2.24, 2.45) is 0 Å². The lowest BCUT2D eigenvalue weighted by molar-refractivity contribution is 0.944. The van der Waals surface area contributed by atoms with Crippen LogP contribution in [0.25, 0.3) is 0 Å². The van der Waals surface area contributed by atoms with Crippen LogP contribution in [0.2, 0.25) is 5.28 Å². The highest BCUT2D eigenvalue weighted by atomic mass is 35.5. The first-order chi connectivity index (χ1) is 7.66. The van der Waals surface area contributed by atoms with Gasteiger partial charge in [0.1, 0.15) is 0 Å². The number of aromatic nitrogens is 3. The quantitative estimate of drug-likeness (QED) is 0.860. The monoisotopic (exact) mass is 236 g/mol. The van der Waals surface area contributed by atoms with Crippen LogP contribution in [0.1, 0.15) is 0 Å². The molecule has 0 fully saturated rings. The average Bonchev–Trinajstić information content (AvgIpc) is 2.28. The first-order valence-corrected chi connectivity index (χ1v) is 4.97. The van der Waals surface area contributed by atoms with Gasteiger partial charge < -0.3 is 4.90 Å². The standard InChI is InChI=1S/C10H9ClN4O/c1-15(7-5-3-2-4-6-7)9-12-8(11)13-10(16)14-9/h2-6H,1H3,(H,12,13,14,16). The molecule has 0 amide bonds. The third-order valence-corrected chi connectivity index (χ3v) is 2.23. The fraction of sp³-hybridized carbons (Fsp3) is 0.100. The van der Waals surface area contributed by atoms with Crippen LogP contribution in [-0.2, 0) is 0 Å². The summed E-state index contributed by atoms with van der Waals surface area (Å²) in [5.74, 6) is 0.264. The average molecular weight is 237 g/mol. The predicted molar refractivity (Wildman–Crippen MR) is 62.2 cm³/mol. The van der Waals surface area contributed by atoms with Crippen molar-refractivity contribution >= 4 is 23.2 Å². The summed E-state index contributed by atoms with van der Waals surface area (Å²) >= 11 is 5.65. The number of para-hydroxylation sites is 1. The molecule has 0 unspecified atom stereocenters. The van der Waals surface area contributed by atoms with E-state index in [-0.39, 0.29) is 11.2 Å². The Morgan fingerprint density at radius 1 is 1.25 bits per heavy atom. The van der Waals surface area contributed by atoms with Crippen molar-refractivity contribution in [2.75, 3.05) is 11.9 Å². The highest BCUT2D eigenvalue weighted by molar-refractivity contribution is 6.28. The highest BCUT2D eigenvalue weighted by Crippen LogP contribution is 2.18. The molecule has 0 saturated heterocycles. The maximum Gasteiger partial charge on any atom is 0.350 e. The van der Waals surface area contributed by atoms with Crippen molar-refractivity contribution in [1.82, 2.24) is 15.0 Å². The Balaban J connectivity index is 2.41. The van der Waals surface area contributed by atoms with Gasteiger partial charge in [0.2, 0.25) is 11.2 Å². The molecular formula is C10H9ClN4O. The summed E-state index contributed by atoms with van der Waals surface area (Å²) in [5, 5.41) is 0.0257. The van der Waals surface area contributed by atoms with E-state index in [1.54, 1.807) is 11.9 Å². The number of hydrogen-bond donors (Lipinski definition) is 1. The number of H-pyrrole nitrogens is 1. The van der Waals surface area contributed by atoms with Gasteiger partial charge >= 0.3 is 5.69 Å². The zero-order valence-corrected chi connectivity index (χ0v) is 9.27. The summed E-state index contributed by atoms with van der Waals surface area (Å²) in [5.41, 5.74) is 0.363. The van der Waals surface area contributed by atoms with E-state index in [0.29, 0.717) is 0 Å². The van der Waals surface area contributed by atoms with Gasteiger partial charge in [-0.2, -0.15) is 9.97 Å². The molecule has 82 valence electrons. The van der Waals surface area contributed by atoms with Gasteiger partial charge in [0.15, 0.2) is 0 Å². The molecule has 0 aliphatic heterocycles. The summed E-state index contributed by atoms with van der Waals surface area (Å²) in [6.45, 7) is 0. The Morgan fingerprint density at radius 2 is 1.94 bits per heavy atom. The fourth-order valence-corrected chi connectivity index (χ4v) is 1.42. The van der Waals surface area contributed by atoms with Gasteiger partial charge in [0.25, 0.3) is 0 Å². The summed E-state index contributed by atoms with van der Waals surface area (Å²) in [7, 11) is 1.76. The molecular weight excluding hydrogens is 228 g/mol. The minimum absolute atomic E-state index is 0.0257. The molecule has 16 heavy (non-hydrogen) atoms. The molecule has 0 bridgehead atoms. The van der Waals surface area contributed by atoms with Gasteiger partial charge in [-0.05, 0) is 23.7 Å². The molecule has 1 heterocycles. The van der Waals surface area contributed by atoms with E-state index in [9.17, 15) is 4.79 Å². The molecule has 1 N–H and O–H groups in total. The lowest BCUT2D eigenvalue weighted by Gasteiger charge is -2.16. The van der Waals surface area contributed by atoms with Gasteiger partial charge in [0, 0.05) is 12.7 Å². The number of benzene rings is 1. The third-order valence-electron chi connectivity index (χ3n) is 2.05. The van der Waals surface area contributed by atoms with Gasteiger partial charge in [-0.3, -0.25) is 4.98 Å². The molecule has 0 aliphatic rings. The van der Waals surface area contributed by atoms with E-state index in [0.717, 1.165) is 5.69 Å². The molecule has 2 rings (SSSR count). The minimum atomic E-state index is -0.516. The van der Waals surface area contributed by atoms with Gasteiger partial charge in [-0.25, -0.2) is 4.79 Å². The van der Waals surface area contributed by atoms with Crippen molar-refractivity contribution in [3.8, 4) is 0 Å². The number of hydrogen-bond acceptors (Lipinski definition) is 4. The zero-order chi connectivity index (χ0) is 11.5. The Hall–Kier alpha value is -1.88. The van der Waals surface area contributed by atoms with Crippen LogP contribution in [0.15, 0.2) is 35.1 Å². The van der Waals surface area contributed by atoms with Gasteiger partial charge in [-0.1, -0.05) is 18.2 Å². The SMILES string of the molecule is CN(c1ccccc1)c1nc(Cl)[nH]c(=O)n1. The van der Waals surface area contributed by atoms with Crippen LogP contribution in [0.5, 0.6) is 0 Å². The van der Waals surface area contributed by atoms with E-state index in [1.807, 2.05) is 30.3 Å². The number of aromatic amines is 1. The third kappa shape index (κ3) is 2.20. The fourth-order valence-electron chi connectivity index (χ4n) is 1.26. The van der Waals surface area contributed by atoms with Crippen LogP contribution in [-0.4, -0.2) is 22.0 Å². The zero-order valence-electron chi connectivity index (χ0n) is 8.51. The minimum Gasteiger partial charge on any atom is -0.313 e. The van der Waals surface area contributed by atoms with E-state index in [1.165, 1.54) is 0 Å². The summed E-state index contributed by atoms with van der Waals surface area (Å²) in [4.78, 5) is 22.8. The van der Waals surface area contributed by atoms with E-state index in [4.69, 9.17) is 11.6 Å². The number of halogens is 1. The molecule has 0 aliphatic carbocycles. The number of rotatable bonds is 2. The highest BCUT2D eigenvalue weighted by Gasteiger charge is 2.08. The van der Waals surface area contributed by atoms with Crippen molar-refractivity contribution < 1.29 is 0 Å². The maximum absolute atomic E-state index is 11.1. The lowest BCUT2D eigenvalue weighted by atomic mass is 10.3. The number of nitrogens with zero attached hydrogens (tertiary/aromatic N) is 3. The Labute approximate surface area is 96.7 Å². The Kier molecular flexibility index (Phi) is 2.87. The maximum atomic E-state index is 11.1. The molecule has 0 saturated carbocycles. The topological polar surface area (TPSA) is 61.9 Å². The molecule has 0 atom stereocenters. The van der Waals surface area contributed by atoms with Crippen LogP contribution >= 0.6 is 11.6 Å². The summed E-state index contributed by atoms with van der Waals surface area (Å²) < 4.78 is 0. The molecule has 5 nitrogen and oxygen atoms in total. The smallest absolute Gasteiger partial charge is 0.313 e. The Morgan fingerprint density at radius 3 is 2.56 bits per heavy atom. The van der Waals surface area contributed by atoms with Crippen molar-refractivity contribution in [3.05, 3.63) is 46.1 Å². The van der Waals surface area contributed by atoms with E-state index >= 15 is 0 Å². The molecule has 2 aromatic rings. The van der Waals surface area contributed by atoms with Gasteiger partial charge in [0.05, 0.1) is 0 Å². The van der Waals surface area contributed by atoms with Crippen molar-refractivity contribution in [2.45, 2.75) is 0 Å². The molecule has 1 aromatic heterocycles. The van der Waals surface area contributed by atoms with Crippen LogP contribution < -0.4 is 10.6 Å². The normalized spacial score (nSPS) is 10.1. The second-order valence-electron chi connectivity index (χ2n) is 3.14. The largest absolute Gasteiger partial charge is 0.350 e. The van der Waals surface area contributed by atoms with Gasteiger partial charge in [-0.15, -0.1) is 0 Å². The van der Waals surface area contributed by atoms with Crippen LogP contribution in [0.4, 0.5) is 11.6 Å². The molecule has 6 heteroatoms.